The number of urea groups is 1. The number of amidine groups is 1. The molecular formula is C21H30N4O3. The van der Waals surface area contributed by atoms with Gasteiger partial charge in [0, 0.05) is 36.8 Å². The maximum absolute atomic E-state index is 12.9. The van der Waals surface area contributed by atoms with Gasteiger partial charge in [-0.25, -0.2) is 4.79 Å². The molecule has 3 N–H and O–H groups in total. The molecule has 1 aromatic carbocycles. The van der Waals surface area contributed by atoms with Gasteiger partial charge in [0.25, 0.3) is 0 Å². The van der Waals surface area contributed by atoms with Crippen LogP contribution in [0.1, 0.15) is 51.0 Å². The third-order valence-corrected chi connectivity index (χ3v) is 5.85. The lowest BCUT2D eigenvalue weighted by Gasteiger charge is -2.34. The summed E-state index contributed by atoms with van der Waals surface area (Å²) in [7, 11) is 0. The topological polar surface area (TPSA) is 99.7 Å². The molecule has 0 unspecified atom stereocenters. The molecule has 1 aliphatic heterocycles. The van der Waals surface area contributed by atoms with E-state index in [1.807, 2.05) is 24.0 Å². The molecule has 2 amide bonds. The minimum absolute atomic E-state index is 0.0284. The van der Waals surface area contributed by atoms with Gasteiger partial charge in [0.15, 0.2) is 0 Å². The van der Waals surface area contributed by atoms with Crippen LogP contribution in [0.15, 0.2) is 24.3 Å². The molecule has 1 saturated heterocycles. The zero-order chi connectivity index (χ0) is 20.1. The molecule has 7 nitrogen and oxygen atoms in total. The van der Waals surface area contributed by atoms with Gasteiger partial charge in [-0.2, -0.15) is 0 Å². The molecular weight excluding hydrogens is 356 g/mol. The van der Waals surface area contributed by atoms with Crippen molar-refractivity contribution in [3.8, 4) is 0 Å². The summed E-state index contributed by atoms with van der Waals surface area (Å²) in [6.45, 7) is 3.69. The molecule has 2 aliphatic rings. The molecule has 1 aliphatic carbocycles. The summed E-state index contributed by atoms with van der Waals surface area (Å²) in [5.74, 6) is 0.472. The van der Waals surface area contributed by atoms with Crippen LogP contribution < -0.4 is 10.6 Å². The maximum Gasteiger partial charge on any atom is 0.324 e. The number of hydrogen-bond donors (Lipinski definition) is 2. The minimum atomic E-state index is -0.106. The van der Waals surface area contributed by atoms with Crippen LogP contribution in [0.2, 0.25) is 0 Å². The fraction of sp³-hybridized carbons (Fsp3) is 0.571. The molecule has 0 bridgehead atoms. The van der Waals surface area contributed by atoms with Crippen molar-refractivity contribution in [2.45, 2.75) is 51.5 Å². The Morgan fingerprint density at radius 3 is 2.46 bits per heavy atom. The number of nitrogens with one attached hydrogen (secondary N) is 1. The molecule has 0 spiro atoms. The number of esters is 1. The number of carbonyl (C=O) groups excluding carboxylic acids is 2. The van der Waals surface area contributed by atoms with Gasteiger partial charge >= 0.3 is 12.0 Å². The second-order valence-electron chi connectivity index (χ2n) is 7.61. The van der Waals surface area contributed by atoms with Gasteiger partial charge in [-0.1, -0.05) is 0 Å². The molecule has 3 rings (SSSR count). The summed E-state index contributed by atoms with van der Waals surface area (Å²) in [4.78, 5) is 28.3. The molecule has 0 radical (unpaired) electrons. The van der Waals surface area contributed by atoms with E-state index in [2.05, 4.69) is 0 Å². The van der Waals surface area contributed by atoms with Crippen molar-refractivity contribution in [3.63, 3.8) is 0 Å². The number of anilines is 1. The smallest absolute Gasteiger partial charge is 0.324 e. The van der Waals surface area contributed by atoms with Crippen molar-refractivity contribution in [1.82, 2.24) is 4.90 Å². The van der Waals surface area contributed by atoms with E-state index in [1.54, 1.807) is 17.0 Å². The Hall–Kier alpha value is -2.57. The van der Waals surface area contributed by atoms with Gasteiger partial charge in [-0.05, 0) is 69.2 Å². The molecule has 0 atom stereocenters. The number of nitrogens with zero attached hydrogens (tertiary/aromatic N) is 2. The Labute approximate surface area is 166 Å². The van der Waals surface area contributed by atoms with Crippen molar-refractivity contribution < 1.29 is 14.3 Å². The molecule has 2 fully saturated rings. The highest BCUT2D eigenvalue weighted by molar-refractivity contribution is 5.97. The number of benzene rings is 1. The Kier molecular flexibility index (Phi) is 6.54. The van der Waals surface area contributed by atoms with Crippen LogP contribution in [0.5, 0.6) is 0 Å². The summed E-state index contributed by atoms with van der Waals surface area (Å²) in [6, 6.07) is 7.61. The van der Waals surface area contributed by atoms with E-state index in [4.69, 9.17) is 15.9 Å². The number of rotatable bonds is 7. The van der Waals surface area contributed by atoms with Crippen LogP contribution in [0, 0.1) is 11.3 Å². The lowest BCUT2D eigenvalue weighted by Crippen LogP contribution is -2.41. The molecule has 28 heavy (non-hydrogen) atoms. The Morgan fingerprint density at radius 2 is 1.86 bits per heavy atom. The Balaban J connectivity index is 1.50. The van der Waals surface area contributed by atoms with E-state index in [-0.39, 0.29) is 23.9 Å². The number of ether oxygens (including phenoxy) is 1. The van der Waals surface area contributed by atoms with E-state index in [1.165, 1.54) is 0 Å². The fourth-order valence-corrected chi connectivity index (χ4v) is 4.25. The fourth-order valence-electron chi connectivity index (χ4n) is 4.25. The van der Waals surface area contributed by atoms with Crippen LogP contribution in [-0.2, 0) is 9.53 Å². The van der Waals surface area contributed by atoms with Gasteiger partial charge < -0.3 is 15.4 Å². The van der Waals surface area contributed by atoms with E-state index in [0.717, 1.165) is 44.3 Å². The van der Waals surface area contributed by atoms with Crippen LogP contribution in [0.3, 0.4) is 0 Å². The molecule has 1 saturated carbocycles. The first kappa shape index (κ1) is 20.2. The first-order valence-corrected chi connectivity index (χ1v) is 10.2. The Morgan fingerprint density at radius 1 is 1.18 bits per heavy atom. The maximum atomic E-state index is 12.9. The number of carbonyl (C=O) groups is 2. The summed E-state index contributed by atoms with van der Waals surface area (Å²) in [5.41, 5.74) is 7.01. The summed E-state index contributed by atoms with van der Waals surface area (Å²) in [6.07, 6.45) is 5.49. The van der Waals surface area contributed by atoms with Gasteiger partial charge in [-0.3, -0.25) is 15.1 Å². The summed E-state index contributed by atoms with van der Waals surface area (Å²) < 4.78 is 5.01. The average molecular weight is 386 g/mol. The molecule has 1 heterocycles. The van der Waals surface area contributed by atoms with E-state index in [9.17, 15) is 9.59 Å². The van der Waals surface area contributed by atoms with Gasteiger partial charge in [0.2, 0.25) is 0 Å². The normalized spacial score (nSPS) is 22.4. The van der Waals surface area contributed by atoms with Crippen molar-refractivity contribution in [2.24, 2.45) is 11.7 Å². The van der Waals surface area contributed by atoms with E-state index in [0.29, 0.717) is 31.1 Å². The number of hydrogen-bond acceptors (Lipinski definition) is 4. The van der Waals surface area contributed by atoms with Crippen LogP contribution in [0.25, 0.3) is 0 Å². The molecule has 1 aromatic rings. The number of nitrogens with two attached hydrogens (primary N) is 1. The number of amides is 2. The highest BCUT2D eigenvalue weighted by atomic mass is 16.5. The monoisotopic (exact) mass is 386 g/mol. The largest absolute Gasteiger partial charge is 0.466 e. The van der Waals surface area contributed by atoms with Gasteiger partial charge in [0.1, 0.15) is 5.84 Å². The van der Waals surface area contributed by atoms with Crippen LogP contribution in [0.4, 0.5) is 10.5 Å². The minimum Gasteiger partial charge on any atom is -0.466 e. The van der Waals surface area contributed by atoms with Crippen molar-refractivity contribution in [2.75, 3.05) is 24.6 Å². The first-order valence-electron chi connectivity index (χ1n) is 10.2. The predicted molar refractivity (Wildman–Crippen MR) is 109 cm³/mol. The highest BCUT2D eigenvalue weighted by Gasteiger charge is 2.36. The quantitative estimate of drug-likeness (QED) is 0.427. The van der Waals surface area contributed by atoms with Gasteiger partial charge in [-0.15, -0.1) is 0 Å². The Bertz CT molecular complexity index is 711. The van der Waals surface area contributed by atoms with Crippen molar-refractivity contribution in [3.05, 3.63) is 29.8 Å². The SMILES string of the molecule is CCOC(=O)CC[C@H]1CC[C@@H](N2CCN(c3ccc(C(=N)N)cc3)C2=O)CC1. The van der Waals surface area contributed by atoms with Gasteiger partial charge in [0.05, 0.1) is 6.61 Å². The van der Waals surface area contributed by atoms with Crippen molar-refractivity contribution in [1.29, 1.82) is 5.41 Å². The lowest BCUT2D eigenvalue weighted by molar-refractivity contribution is -0.143. The van der Waals surface area contributed by atoms with E-state index >= 15 is 0 Å². The van der Waals surface area contributed by atoms with Crippen LogP contribution in [-0.4, -0.2) is 48.5 Å². The zero-order valence-electron chi connectivity index (χ0n) is 16.5. The predicted octanol–water partition coefficient (Wildman–Crippen LogP) is 3.11. The zero-order valence-corrected chi connectivity index (χ0v) is 16.5. The molecule has 7 heteroatoms. The lowest BCUT2D eigenvalue weighted by atomic mass is 9.83. The molecule has 0 aromatic heterocycles. The second kappa shape index (κ2) is 9.08. The highest BCUT2D eigenvalue weighted by Crippen LogP contribution is 2.33. The average Bonchev–Trinajstić information content (AvgIpc) is 3.08. The standard InChI is InChI=1S/C21H30N4O3/c1-2-28-19(26)12-5-15-3-8-17(9-4-15)24-13-14-25(21(24)27)18-10-6-16(7-11-18)20(22)23/h6-7,10-11,15,17H,2-5,8-9,12-14H2,1H3,(H3,22,23)/t15-,17+. The third-order valence-electron chi connectivity index (χ3n) is 5.85. The third kappa shape index (κ3) is 4.64. The summed E-state index contributed by atoms with van der Waals surface area (Å²) in [5, 5.41) is 7.47. The second-order valence-corrected chi connectivity index (χ2v) is 7.61. The van der Waals surface area contributed by atoms with Crippen molar-refractivity contribution >= 4 is 23.5 Å². The summed E-state index contributed by atoms with van der Waals surface area (Å²) >= 11 is 0. The molecule has 152 valence electrons. The number of nitrogen functional groups attached to an aromatic ring is 1. The van der Waals surface area contributed by atoms with Crippen LogP contribution >= 0.6 is 0 Å². The first-order chi connectivity index (χ1) is 13.5. The van der Waals surface area contributed by atoms with E-state index < -0.39 is 0 Å².